The standard InChI is InChI=1S/C62H42N12/c1-36-64-37(2)67-60(66-36)42-27-30-55-49(32-42)46-20-11-13-23-52(46)73(55)54-25-15-22-45(51(54)35-63)48-29-26-44(62-71-58(40-16-7-5-8-17-40)70-59(72-62)41-18-9-6-10-19-41)34-57(48)74-53-24-14-12-21-47(53)50-33-43(28-31-56(50)74)61-68-38(3)65-39(4)69-61/h5-34H,1-4H3. The molecule has 0 aliphatic heterocycles. The lowest BCUT2D eigenvalue weighted by atomic mass is 9.95. The Kier molecular flexibility index (Phi) is 10.4. The maximum Gasteiger partial charge on any atom is 0.164 e. The summed E-state index contributed by atoms with van der Waals surface area (Å²) in [6, 6.07) is 64.4. The van der Waals surface area contributed by atoms with Crippen LogP contribution >= 0.6 is 0 Å². The number of para-hydroxylation sites is 2. The van der Waals surface area contributed by atoms with E-state index < -0.39 is 0 Å². The van der Waals surface area contributed by atoms with Gasteiger partial charge >= 0.3 is 0 Å². The van der Waals surface area contributed by atoms with Crippen LogP contribution in [0.25, 0.3) is 123 Å². The van der Waals surface area contributed by atoms with Gasteiger partial charge in [-0.2, -0.15) is 5.26 Å². The van der Waals surface area contributed by atoms with Crippen LogP contribution in [0, 0.1) is 39.0 Å². The average Bonchev–Trinajstić information content (AvgIpc) is 3.94. The fourth-order valence-electron chi connectivity index (χ4n) is 10.3. The maximum atomic E-state index is 11.6. The van der Waals surface area contributed by atoms with E-state index >= 15 is 0 Å². The van der Waals surface area contributed by atoms with Crippen LogP contribution < -0.4 is 0 Å². The van der Waals surface area contributed by atoms with Crippen LogP contribution in [0.15, 0.2) is 182 Å². The molecule has 0 aliphatic carbocycles. The van der Waals surface area contributed by atoms with Crippen molar-refractivity contribution in [3.63, 3.8) is 0 Å². The molecule has 12 nitrogen and oxygen atoms in total. The quantitative estimate of drug-likeness (QED) is 0.144. The Balaban J connectivity index is 1.07. The summed E-state index contributed by atoms with van der Waals surface area (Å²) in [4.78, 5) is 43.0. The molecule has 12 heteroatoms. The lowest BCUT2D eigenvalue weighted by Gasteiger charge is -2.19. The number of nitrogens with zero attached hydrogens (tertiary/aromatic N) is 12. The summed E-state index contributed by atoms with van der Waals surface area (Å²) in [5, 5.41) is 15.7. The second-order valence-electron chi connectivity index (χ2n) is 18.3. The summed E-state index contributed by atoms with van der Waals surface area (Å²) in [5.74, 6) is 5.50. The van der Waals surface area contributed by atoms with Gasteiger partial charge in [0.1, 0.15) is 29.4 Å². The number of benzene rings is 8. The van der Waals surface area contributed by atoms with E-state index in [9.17, 15) is 5.26 Å². The van der Waals surface area contributed by atoms with E-state index in [1.165, 1.54) is 0 Å². The Bertz CT molecular complexity index is 4340. The zero-order chi connectivity index (χ0) is 50.0. The molecule has 0 saturated carbocycles. The van der Waals surface area contributed by atoms with Gasteiger partial charge < -0.3 is 9.13 Å². The van der Waals surface area contributed by atoms with Gasteiger partial charge in [0, 0.05) is 60.5 Å². The molecule has 0 aliphatic rings. The lowest BCUT2D eigenvalue weighted by Crippen LogP contribution is -2.04. The molecular weight excluding hydrogens is 913 g/mol. The van der Waals surface area contributed by atoms with E-state index in [4.69, 9.17) is 24.9 Å². The molecular formula is C62H42N12. The van der Waals surface area contributed by atoms with E-state index in [0.29, 0.717) is 58.0 Å². The molecule has 0 amide bonds. The van der Waals surface area contributed by atoms with Gasteiger partial charge in [0.2, 0.25) is 0 Å². The smallest absolute Gasteiger partial charge is 0.164 e. The molecule has 0 bridgehead atoms. The van der Waals surface area contributed by atoms with E-state index in [1.54, 1.807) is 0 Å². The first-order valence-corrected chi connectivity index (χ1v) is 24.3. The van der Waals surface area contributed by atoms with Crippen molar-refractivity contribution in [2.24, 2.45) is 0 Å². The largest absolute Gasteiger partial charge is 0.309 e. The number of rotatable bonds is 8. The molecule has 0 radical (unpaired) electrons. The van der Waals surface area contributed by atoms with E-state index in [1.807, 2.05) is 125 Å². The minimum atomic E-state index is 0.510. The third kappa shape index (κ3) is 7.50. The van der Waals surface area contributed by atoms with Gasteiger partial charge in [0.15, 0.2) is 29.1 Å². The number of hydrogen-bond acceptors (Lipinski definition) is 10. The molecule has 0 fully saturated rings. The predicted octanol–water partition coefficient (Wildman–Crippen LogP) is 13.5. The van der Waals surface area contributed by atoms with Gasteiger partial charge in [-0.25, -0.2) is 44.9 Å². The van der Waals surface area contributed by atoms with Crippen LogP contribution in [0.3, 0.4) is 0 Å². The third-order valence-electron chi connectivity index (χ3n) is 13.5. The lowest BCUT2D eigenvalue weighted by molar-refractivity contribution is 0.928. The van der Waals surface area contributed by atoms with Gasteiger partial charge in [0.25, 0.3) is 0 Å². The second kappa shape index (κ2) is 17.6. The van der Waals surface area contributed by atoms with Gasteiger partial charge in [0.05, 0.1) is 39.0 Å². The summed E-state index contributed by atoms with van der Waals surface area (Å²) in [6.07, 6.45) is 0. The molecule has 13 aromatic rings. The molecule has 350 valence electrons. The van der Waals surface area contributed by atoms with Gasteiger partial charge in [-0.15, -0.1) is 0 Å². The first kappa shape index (κ1) is 43.9. The minimum absolute atomic E-state index is 0.510. The van der Waals surface area contributed by atoms with Crippen LogP contribution in [0.4, 0.5) is 0 Å². The third-order valence-corrected chi connectivity index (χ3v) is 13.5. The molecule has 74 heavy (non-hydrogen) atoms. The first-order chi connectivity index (χ1) is 36.3. The summed E-state index contributed by atoms with van der Waals surface area (Å²) >= 11 is 0. The van der Waals surface area contributed by atoms with Crippen molar-refractivity contribution in [3.8, 4) is 85.5 Å². The summed E-state index contributed by atoms with van der Waals surface area (Å²) in [7, 11) is 0. The SMILES string of the molecule is Cc1nc(C)nc(-c2ccc3c(c2)c2ccccc2n3-c2cc(-c3nc(-c4ccccc4)nc(-c4ccccc4)n3)ccc2-c2cccc(-n3c4ccccc4c4cc(-c5nc(C)nc(C)n5)ccc43)c2C#N)n1. The highest BCUT2D eigenvalue weighted by molar-refractivity contribution is 6.12. The van der Waals surface area contributed by atoms with E-state index in [-0.39, 0.29) is 0 Å². The zero-order valence-electron chi connectivity index (χ0n) is 40.7. The monoisotopic (exact) mass is 954 g/mol. The number of hydrogen-bond donors (Lipinski definition) is 0. The van der Waals surface area contributed by atoms with Crippen LogP contribution in [-0.2, 0) is 0 Å². The predicted molar refractivity (Wildman–Crippen MR) is 292 cm³/mol. The van der Waals surface area contributed by atoms with Crippen LogP contribution in [0.1, 0.15) is 28.9 Å². The zero-order valence-corrected chi connectivity index (χ0v) is 40.7. The van der Waals surface area contributed by atoms with Crippen molar-refractivity contribution in [2.45, 2.75) is 27.7 Å². The van der Waals surface area contributed by atoms with Crippen molar-refractivity contribution in [2.75, 3.05) is 0 Å². The Morgan fingerprint density at radius 2 is 0.716 bits per heavy atom. The average molecular weight is 955 g/mol. The van der Waals surface area contributed by atoms with Crippen LogP contribution in [0.2, 0.25) is 0 Å². The van der Waals surface area contributed by atoms with Gasteiger partial charge in [-0.3, -0.25) is 0 Å². The Morgan fingerprint density at radius 3 is 1.22 bits per heavy atom. The highest BCUT2D eigenvalue weighted by Crippen LogP contribution is 2.43. The summed E-state index contributed by atoms with van der Waals surface area (Å²) in [6.45, 7) is 7.54. The summed E-state index contributed by atoms with van der Waals surface area (Å²) in [5.41, 5.74) is 11.8. The highest BCUT2D eigenvalue weighted by atomic mass is 15.1. The van der Waals surface area contributed by atoms with Crippen molar-refractivity contribution in [3.05, 3.63) is 211 Å². The second-order valence-corrected chi connectivity index (χ2v) is 18.3. The maximum absolute atomic E-state index is 11.6. The number of aryl methyl sites for hydroxylation is 4. The van der Waals surface area contributed by atoms with Crippen molar-refractivity contribution >= 4 is 43.6 Å². The number of aromatic nitrogens is 11. The molecule has 13 rings (SSSR count). The van der Waals surface area contributed by atoms with Crippen molar-refractivity contribution in [1.29, 1.82) is 5.26 Å². The molecule has 5 aromatic heterocycles. The van der Waals surface area contributed by atoms with Crippen LogP contribution in [0.5, 0.6) is 0 Å². The van der Waals surface area contributed by atoms with Gasteiger partial charge in [-0.1, -0.05) is 121 Å². The van der Waals surface area contributed by atoms with Crippen LogP contribution in [-0.4, -0.2) is 54.0 Å². The van der Waals surface area contributed by atoms with Crippen molar-refractivity contribution in [1.82, 2.24) is 54.0 Å². The normalized spacial score (nSPS) is 11.5. The molecule has 0 N–H and O–H groups in total. The molecule has 0 spiro atoms. The topological polar surface area (TPSA) is 150 Å². The molecule has 0 unspecified atom stereocenters. The Hall–Kier alpha value is -10.1. The molecule has 0 atom stereocenters. The van der Waals surface area contributed by atoms with E-state index in [2.05, 4.69) is 120 Å². The first-order valence-electron chi connectivity index (χ1n) is 24.3. The minimum Gasteiger partial charge on any atom is -0.309 e. The highest BCUT2D eigenvalue weighted by Gasteiger charge is 2.24. The molecule has 5 heterocycles. The van der Waals surface area contributed by atoms with Crippen molar-refractivity contribution < 1.29 is 0 Å². The fourth-order valence-corrected chi connectivity index (χ4v) is 10.3. The van der Waals surface area contributed by atoms with Gasteiger partial charge in [-0.05, 0) is 88.4 Å². The number of fused-ring (bicyclic) bond motifs is 6. The summed E-state index contributed by atoms with van der Waals surface area (Å²) < 4.78 is 4.48. The van der Waals surface area contributed by atoms with E-state index in [0.717, 1.165) is 93.9 Å². The Morgan fingerprint density at radius 1 is 0.311 bits per heavy atom. The Labute approximate surface area is 425 Å². The molecule has 8 aromatic carbocycles. The molecule has 0 saturated heterocycles. The number of nitriles is 1. The fraction of sp³-hybridized carbons (Fsp3) is 0.0645.